The number of likely N-dealkylation sites (tertiary alicyclic amines) is 1. The van der Waals surface area contributed by atoms with Crippen molar-refractivity contribution in [1.29, 1.82) is 0 Å². The van der Waals surface area contributed by atoms with Gasteiger partial charge in [0.15, 0.2) is 5.78 Å². The number of piperidine rings is 1. The van der Waals surface area contributed by atoms with Crippen molar-refractivity contribution in [3.05, 3.63) is 63.3 Å². The quantitative estimate of drug-likeness (QED) is 0.558. The van der Waals surface area contributed by atoms with Crippen LogP contribution in [0.3, 0.4) is 0 Å². The third kappa shape index (κ3) is 4.99. The molecule has 8 nitrogen and oxygen atoms in total. The summed E-state index contributed by atoms with van der Waals surface area (Å²) in [5.74, 6) is 1.51. The van der Waals surface area contributed by atoms with Gasteiger partial charge >= 0.3 is 0 Å². The molecule has 0 bridgehead atoms. The number of carbonyl (C=O) groups excluding carboxylic acids is 2. The molecule has 3 heterocycles. The van der Waals surface area contributed by atoms with Gasteiger partial charge in [0, 0.05) is 43.6 Å². The lowest BCUT2D eigenvalue weighted by atomic mass is 9.88. The van der Waals surface area contributed by atoms with Gasteiger partial charge in [0.1, 0.15) is 17.1 Å². The van der Waals surface area contributed by atoms with Crippen LogP contribution in [-0.2, 0) is 11.2 Å². The summed E-state index contributed by atoms with van der Waals surface area (Å²) in [6.07, 6.45) is 4.69. The molecule has 3 aromatic rings. The van der Waals surface area contributed by atoms with Crippen molar-refractivity contribution in [2.75, 3.05) is 20.2 Å². The fourth-order valence-electron chi connectivity index (χ4n) is 4.52. The molecule has 1 fully saturated rings. The summed E-state index contributed by atoms with van der Waals surface area (Å²) in [6, 6.07) is 7.32. The number of carbonyl (C=O) groups is 2. The van der Waals surface area contributed by atoms with Gasteiger partial charge in [0.05, 0.1) is 7.11 Å². The van der Waals surface area contributed by atoms with Gasteiger partial charge in [0.2, 0.25) is 5.91 Å². The van der Waals surface area contributed by atoms with Crippen LogP contribution < -0.4 is 10.3 Å². The first-order valence-corrected chi connectivity index (χ1v) is 11.4. The number of H-pyrrole nitrogens is 1. The average molecular weight is 451 g/mol. The third-order valence-corrected chi connectivity index (χ3v) is 6.36. The molecule has 0 unspecified atom stereocenters. The van der Waals surface area contributed by atoms with Crippen molar-refractivity contribution in [3.8, 4) is 5.75 Å². The molecule has 1 saturated heterocycles. The Kier molecular flexibility index (Phi) is 6.62. The topological polar surface area (TPSA) is 96.8 Å². The van der Waals surface area contributed by atoms with Crippen LogP contribution in [-0.4, -0.2) is 51.4 Å². The molecule has 0 spiro atoms. The zero-order chi connectivity index (χ0) is 23.5. The molecule has 0 radical (unpaired) electrons. The number of rotatable bonds is 7. The van der Waals surface area contributed by atoms with Crippen molar-refractivity contribution in [1.82, 2.24) is 19.5 Å². The zero-order valence-electron chi connectivity index (χ0n) is 19.4. The van der Waals surface area contributed by atoms with Crippen LogP contribution in [0.2, 0.25) is 0 Å². The number of hydrogen-bond acceptors (Lipinski definition) is 5. The maximum Gasteiger partial charge on any atom is 0.275 e. The van der Waals surface area contributed by atoms with E-state index in [1.807, 2.05) is 43.1 Å². The highest BCUT2D eigenvalue weighted by Crippen LogP contribution is 2.25. The van der Waals surface area contributed by atoms with E-state index in [0.717, 1.165) is 16.9 Å². The van der Waals surface area contributed by atoms with E-state index in [4.69, 9.17) is 4.74 Å². The van der Waals surface area contributed by atoms with Crippen LogP contribution >= 0.6 is 0 Å². The second-order valence-electron chi connectivity index (χ2n) is 8.81. The number of aromatic amines is 1. The van der Waals surface area contributed by atoms with E-state index < -0.39 is 0 Å². The van der Waals surface area contributed by atoms with Gasteiger partial charge in [-0.1, -0.05) is 0 Å². The molecule has 1 amide bonds. The molecule has 33 heavy (non-hydrogen) atoms. The number of aryl methyl sites for hydroxylation is 3. The van der Waals surface area contributed by atoms with E-state index in [2.05, 4.69) is 10.1 Å². The molecule has 4 rings (SSSR count). The van der Waals surface area contributed by atoms with Gasteiger partial charge in [-0.3, -0.25) is 14.4 Å². The van der Waals surface area contributed by atoms with E-state index in [-0.39, 0.29) is 23.2 Å². The predicted molar refractivity (Wildman–Crippen MR) is 125 cm³/mol. The number of ether oxygens (including phenoxy) is 1. The lowest BCUT2D eigenvalue weighted by Crippen LogP contribution is -2.40. The molecular formula is C25H30N4O4. The largest absolute Gasteiger partial charge is 0.496 e. The number of ketones is 1. The predicted octanol–water partition coefficient (Wildman–Crippen LogP) is 3.09. The Balaban J connectivity index is 1.27. The number of aromatic nitrogens is 3. The Bertz CT molecular complexity index is 1230. The van der Waals surface area contributed by atoms with Crippen LogP contribution in [0, 0.1) is 19.8 Å². The highest BCUT2D eigenvalue weighted by atomic mass is 16.5. The Morgan fingerprint density at radius 2 is 1.94 bits per heavy atom. The minimum Gasteiger partial charge on any atom is -0.496 e. The minimum absolute atomic E-state index is 0.0622. The summed E-state index contributed by atoms with van der Waals surface area (Å²) >= 11 is 0. The summed E-state index contributed by atoms with van der Waals surface area (Å²) in [4.78, 5) is 42.4. The molecular weight excluding hydrogens is 420 g/mol. The van der Waals surface area contributed by atoms with Gasteiger partial charge in [-0.2, -0.15) is 5.10 Å². The highest BCUT2D eigenvalue weighted by Gasteiger charge is 2.28. The van der Waals surface area contributed by atoms with E-state index in [1.165, 1.54) is 0 Å². The number of nitrogens with one attached hydrogen (secondary N) is 1. The molecule has 1 aromatic carbocycles. The lowest BCUT2D eigenvalue weighted by Gasteiger charge is -2.31. The van der Waals surface area contributed by atoms with E-state index in [1.54, 1.807) is 17.7 Å². The molecule has 1 N–H and O–H groups in total. The van der Waals surface area contributed by atoms with Crippen molar-refractivity contribution in [3.63, 3.8) is 0 Å². The van der Waals surface area contributed by atoms with E-state index in [0.29, 0.717) is 62.1 Å². The first kappa shape index (κ1) is 22.8. The fourth-order valence-corrected chi connectivity index (χ4v) is 4.52. The number of fused-ring (bicyclic) bond motifs is 1. The van der Waals surface area contributed by atoms with Crippen LogP contribution in [0.1, 0.15) is 53.0 Å². The summed E-state index contributed by atoms with van der Waals surface area (Å²) in [6.45, 7) is 5.03. The Labute approximate surface area is 192 Å². The van der Waals surface area contributed by atoms with Crippen LogP contribution in [0.4, 0.5) is 0 Å². The maximum atomic E-state index is 12.9. The normalized spacial score (nSPS) is 14.6. The van der Waals surface area contributed by atoms with Gasteiger partial charge in [-0.15, -0.1) is 0 Å². The van der Waals surface area contributed by atoms with Crippen LogP contribution in [0.15, 0.2) is 35.3 Å². The van der Waals surface area contributed by atoms with Crippen molar-refractivity contribution in [2.45, 2.75) is 46.0 Å². The molecule has 174 valence electrons. The molecule has 0 atom stereocenters. The minimum atomic E-state index is -0.168. The molecule has 0 saturated carbocycles. The van der Waals surface area contributed by atoms with Crippen LogP contribution in [0.5, 0.6) is 5.75 Å². The van der Waals surface area contributed by atoms with Gasteiger partial charge in [-0.25, -0.2) is 4.52 Å². The molecule has 0 aliphatic carbocycles. The first-order chi connectivity index (χ1) is 15.9. The second-order valence-corrected chi connectivity index (χ2v) is 8.81. The number of benzene rings is 1. The third-order valence-electron chi connectivity index (χ3n) is 6.36. The monoisotopic (exact) mass is 450 g/mol. The number of hydrogen-bond donors (Lipinski definition) is 1. The van der Waals surface area contributed by atoms with Crippen molar-refractivity contribution >= 4 is 17.2 Å². The average Bonchev–Trinajstić information content (AvgIpc) is 3.19. The first-order valence-electron chi connectivity index (χ1n) is 11.4. The van der Waals surface area contributed by atoms with Gasteiger partial charge < -0.3 is 14.6 Å². The number of nitrogens with zero attached hydrogens (tertiary/aromatic N) is 3. The fraction of sp³-hybridized carbons (Fsp3) is 0.440. The summed E-state index contributed by atoms with van der Waals surface area (Å²) in [5.41, 5.74) is 2.98. The lowest BCUT2D eigenvalue weighted by molar-refractivity contribution is -0.132. The maximum absolute atomic E-state index is 12.9. The van der Waals surface area contributed by atoms with Crippen LogP contribution in [0.25, 0.3) is 5.52 Å². The number of methoxy groups -OCH3 is 1. The molecule has 1 aliphatic rings. The highest BCUT2D eigenvalue weighted by molar-refractivity contribution is 5.98. The van der Waals surface area contributed by atoms with E-state index >= 15 is 0 Å². The SMILES string of the molecule is COc1ccc(C(=O)C2CCN(C(=O)CCCc3nn4cc(C)cc4c(=O)[nH]3)CC2)cc1C. The molecule has 8 heteroatoms. The standard InChI is InChI=1S/C25H30N4O4/c1-16-13-20-25(32)26-22(27-29(20)15-16)5-4-6-23(30)28-11-9-18(10-12-28)24(31)19-7-8-21(33-3)17(2)14-19/h7-8,13-15,18H,4-6,9-12H2,1-3H3,(H,26,27,32). The molecule has 2 aromatic heterocycles. The number of Topliss-reactive ketones (excluding diaryl/α,β-unsaturated/α-hetero) is 1. The van der Waals surface area contributed by atoms with Crippen molar-refractivity contribution < 1.29 is 14.3 Å². The summed E-state index contributed by atoms with van der Waals surface area (Å²) in [7, 11) is 1.62. The zero-order valence-corrected chi connectivity index (χ0v) is 19.4. The Morgan fingerprint density at radius 1 is 1.18 bits per heavy atom. The smallest absolute Gasteiger partial charge is 0.275 e. The number of amides is 1. The summed E-state index contributed by atoms with van der Waals surface area (Å²) in [5, 5.41) is 4.43. The molecule has 1 aliphatic heterocycles. The van der Waals surface area contributed by atoms with Gasteiger partial charge in [0.25, 0.3) is 5.56 Å². The second kappa shape index (κ2) is 9.60. The summed E-state index contributed by atoms with van der Waals surface area (Å²) < 4.78 is 6.87. The van der Waals surface area contributed by atoms with E-state index in [9.17, 15) is 14.4 Å². The van der Waals surface area contributed by atoms with Crippen molar-refractivity contribution in [2.24, 2.45) is 5.92 Å². The Hall–Kier alpha value is -3.42. The van der Waals surface area contributed by atoms with Gasteiger partial charge in [-0.05, 0) is 68.5 Å². The Morgan fingerprint density at radius 3 is 2.64 bits per heavy atom.